The summed E-state index contributed by atoms with van der Waals surface area (Å²) >= 11 is 0.895. The van der Waals surface area contributed by atoms with E-state index in [0.29, 0.717) is 16.1 Å². The average Bonchev–Trinajstić information content (AvgIpc) is 2.93. The van der Waals surface area contributed by atoms with Crippen LogP contribution in [0.25, 0.3) is 0 Å². The van der Waals surface area contributed by atoms with E-state index in [9.17, 15) is 22.4 Å². The minimum absolute atomic E-state index is 0.116. The molecule has 0 radical (unpaired) electrons. The quantitative estimate of drug-likeness (QED) is 0.673. The summed E-state index contributed by atoms with van der Waals surface area (Å²) in [5.41, 5.74) is 4.64. The van der Waals surface area contributed by atoms with Gasteiger partial charge in [-0.15, -0.1) is 11.3 Å². The van der Waals surface area contributed by atoms with Gasteiger partial charge in [-0.05, 0) is 57.5 Å². The highest BCUT2D eigenvalue weighted by molar-refractivity contribution is 7.91. The molecule has 0 bridgehead atoms. The predicted octanol–water partition coefficient (Wildman–Crippen LogP) is 2.30. The van der Waals surface area contributed by atoms with E-state index in [1.54, 1.807) is 13.8 Å². The number of aryl methyl sites for hydroxylation is 2. The van der Waals surface area contributed by atoms with Gasteiger partial charge in [0.1, 0.15) is 15.6 Å². The molecule has 0 aliphatic rings. The minimum Gasteiger partial charge on any atom is -0.368 e. The summed E-state index contributed by atoms with van der Waals surface area (Å²) in [4.78, 5) is 24.3. The molecule has 0 aliphatic carbocycles. The van der Waals surface area contributed by atoms with Gasteiger partial charge in [-0.1, -0.05) is 0 Å². The number of anilines is 1. The highest BCUT2D eigenvalue weighted by Gasteiger charge is 2.33. The fourth-order valence-electron chi connectivity index (χ4n) is 2.17. The third kappa shape index (κ3) is 4.71. The Kier molecular flexibility index (Phi) is 5.74. The summed E-state index contributed by atoms with van der Waals surface area (Å²) in [6.07, 6.45) is 0. The molecule has 1 heterocycles. The summed E-state index contributed by atoms with van der Waals surface area (Å²) in [5, 5.41) is 2.61. The molecule has 0 saturated carbocycles. The SMILES string of the molecule is Cc1cc(NC(=O)c2cc(S(=O)(=O)NC(C)(C)C(N)=O)sc2C)ccc1F. The molecule has 0 atom stereocenters. The van der Waals surface area contributed by atoms with E-state index in [1.165, 1.54) is 38.1 Å². The smallest absolute Gasteiger partial charge is 0.256 e. The van der Waals surface area contributed by atoms with Crippen LogP contribution in [0.1, 0.15) is 34.6 Å². The number of sulfonamides is 1. The van der Waals surface area contributed by atoms with Gasteiger partial charge in [-0.2, -0.15) is 4.72 Å². The summed E-state index contributed by atoms with van der Waals surface area (Å²) in [6, 6.07) is 5.35. The molecule has 4 N–H and O–H groups in total. The fraction of sp³-hybridized carbons (Fsp3) is 0.294. The lowest BCUT2D eigenvalue weighted by Gasteiger charge is -2.21. The first kappa shape index (κ1) is 21.0. The molecule has 10 heteroatoms. The van der Waals surface area contributed by atoms with Crippen LogP contribution < -0.4 is 15.8 Å². The van der Waals surface area contributed by atoms with Crippen molar-refractivity contribution in [1.82, 2.24) is 4.72 Å². The molecular weight excluding hydrogens is 393 g/mol. The van der Waals surface area contributed by atoms with Gasteiger partial charge in [0.2, 0.25) is 5.91 Å². The number of carbonyl (C=O) groups excluding carboxylic acids is 2. The Bertz CT molecular complexity index is 1010. The second-order valence-corrected chi connectivity index (χ2v) is 9.71. The van der Waals surface area contributed by atoms with Crippen molar-refractivity contribution in [1.29, 1.82) is 0 Å². The average molecular weight is 413 g/mol. The summed E-state index contributed by atoms with van der Waals surface area (Å²) < 4.78 is 40.4. The van der Waals surface area contributed by atoms with Crippen LogP contribution in [0.4, 0.5) is 10.1 Å². The van der Waals surface area contributed by atoms with Crippen LogP contribution in [0.3, 0.4) is 0 Å². The van der Waals surface area contributed by atoms with Gasteiger partial charge in [0.15, 0.2) is 0 Å². The van der Waals surface area contributed by atoms with Gasteiger partial charge < -0.3 is 11.1 Å². The maximum atomic E-state index is 13.3. The Balaban J connectivity index is 2.28. The second kappa shape index (κ2) is 7.37. The maximum absolute atomic E-state index is 13.3. The van der Waals surface area contributed by atoms with Crippen LogP contribution in [-0.4, -0.2) is 25.8 Å². The zero-order chi connectivity index (χ0) is 20.6. The first-order valence-electron chi connectivity index (χ1n) is 7.85. The molecule has 0 saturated heterocycles. The van der Waals surface area contributed by atoms with Crippen molar-refractivity contribution in [3.63, 3.8) is 0 Å². The van der Waals surface area contributed by atoms with Gasteiger partial charge in [-0.3, -0.25) is 9.59 Å². The monoisotopic (exact) mass is 413 g/mol. The lowest BCUT2D eigenvalue weighted by atomic mass is 10.1. The Labute approximate surface area is 160 Å². The molecule has 2 aromatic rings. The van der Waals surface area contributed by atoms with Gasteiger partial charge in [0, 0.05) is 10.6 Å². The Morgan fingerprint density at radius 1 is 1.19 bits per heavy atom. The molecule has 0 spiro atoms. The number of hydrogen-bond donors (Lipinski definition) is 3. The van der Waals surface area contributed by atoms with E-state index in [-0.39, 0.29) is 9.77 Å². The zero-order valence-electron chi connectivity index (χ0n) is 15.2. The van der Waals surface area contributed by atoms with E-state index in [1.807, 2.05) is 0 Å². The van der Waals surface area contributed by atoms with Crippen molar-refractivity contribution >= 4 is 38.9 Å². The number of thiophene rings is 1. The number of hydrogen-bond acceptors (Lipinski definition) is 5. The van der Waals surface area contributed by atoms with E-state index in [2.05, 4.69) is 10.0 Å². The number of primary amides is 1. The number of nitrogens with two attached hydrogens (primary N) is 1. The van der Waals surface area contributed by atoms with Gasteiger partial charge in [-0.25, -0.2) is 12.8 Å². The number of halogens is 1. The topological polar surface area (TPSA) is 118 Å². The number of nitrogens with one attached hydrogen (secondary N) is 2. The summed E-state index contributed by atoms with van der Waals surface area (Å²) in [7, 11) is -4.05. The molecule has 2 amide bonds. The van der Waals surface area contributed by atoms with Crippen molar-refractivity contribution < 1.29 is 22.4 Å². The molecule has 0 unspecified atom stereocenters. The van der Waals surface area contributed by atoms with Gasteiger partial charge >= 0.3 is 0 Å². The minimum atomic E-state index is -4.05. The van der Waals surface area contributed by atoms with Crippen LogP contribution in [0.2, 0.25) is 0 Å². The van der Waals surface area contributed by atoms with E-state index >= 15 is 0 Å². The van der Waals surface area contributed by atoms with Crippen molar-refractivity contribution in [3.8, 4) is 0 Å². The van der Waals surface area contributed by atoms with E-state index in [0.717, 1.165) is 11.3 Å². The summed E-state index contributed by atoms with van der Waals surface area (Å²) in [6.45, 7) is 5.86. The molecule has 2 rings (SSSR count). The summed E-state index contributed by atoms with van der Waals surface area (Å²) in [5.74, 6) is -1.74. The molecule has 0 aliphatic heterocycles. The number of rotatable bonds is 6. The van der Waals surface area contributed by atoms with Gasteiger partial charge in [0.05, 0.1) is 5.56 Å². The number of benzene rings is 1. The zero-order valence-corrected chi connectivity index (χ0v) is 16.8. The van der Waals surface area contributed by atoms with Crippen molar-refractivity contribution in [2.45, 2.75) is 37.4 Å². The molecule has 1 aromatic carbocycles. The largest absolute Gasteiger partial charge is 0.368 e. The normalized spacial score (nSPS) is 12.0. The van der Waals surface area contributed by atoms with Crippen LogP contribution in [-0.2, 0) is 14.8 Å². The molecule has 146 valence electrons. The molecule has 27 heavy (non-hydrogen) atoms. The Morgan fingerprint density at radius 2 is 1.81 bits per heavy atom. The Morgan fingerprint density at radius 3 is 2.37 bits per heavy atom. The highest BCUT2D eigenvalue weighted by Crippen LogP contribution is 2.27. The van der Waals surface area contributed by atoms with Gasteiger partial charge in [0.25, 0.3) is 15.9 Å². The van der Waals surface area contributed by atoms with Crippen LogP contribution in [0, 0.1) is 19.7 Å². The van der Waals surface area contributed by atoms with E-state index in [4.69, 9.17) is 5.73 Å². The number of amides is 2. The molecular formula is C17H20FN3O4S2. The lowest BCUT2D eigenvalue weighted by molar-refractivity contribution is -0.122. The molecule has 1 aromatic heterocycles. The maximum Gasteiger partial charge on any atom is 0.256 e. The predicted molar refractivity (Wildman–Crippen MR) is 102 cm³/mol. The van der Waals surface area contributed by atoms with Crippen LogP contribution in [0.5, 0.6) is 0 Å². The van der Waals surface area contributed by atoms with E-state index < -0.39 is 33.2 Å². The third-order valence-corrected chi connectivity index (χ3v) is 7.01. The standard InChI is InChI=1S/C17H20FN3O4S2/c1-9-7-11(5-6-13(9)18)20-15(22)12-8-14(26-10(12)2)27(24,25)21-17(3,4)16(19)23/h5-8,21H,1-4H3,(H2,19,23)(H,20,22). The van der Waals surface area contributed by atoms with Crippen molar-refractivity contribution in [3.05, 3.63) is 46.1 Å². The first-order chi connectivity index (χ1) is 12.3. The second-order valence-electron chi connectivity index (χ2n) is 6.55. The molecule has 0 fully saturated rings. The molecule has 7 nitrogen and oxygen atoms in total. The van der Waals surface area contributed by atoms with Crippen LogP contribution >= 0.6 is 11.3 Å². The lowest BCUT2D eigenvalue weighted by Crippen LogP contribution is -2.52. The fourth-order valence-corrected chi connectivity index (χ4v) is 5.00. The van der Waals surface area contributed by atoms with Crippen LogP contribution in [0.15, 0.2) is 28.5 Å². The van der Waals surface area contributed by atoms with Crippen molar-refractivity contribution in [2.75, 3.05) is 5.32 Å². The van der Waals surface area contributed by atoms with Crippen molar-refractivity contribution in [2.24, 2.45) is 5.73 Å². The third-order valence-electron chi connectivity index (χ3n) is 3.83. The highest BCUT2D eigenvalue weighted by atomic mass is 32.2. The first-order valence-corrected chi connectivity index (χ1v) is 10.2. The number of carbonyl (C=O) groups is 2. The Hall–Kier alpha value is -2.30.